The molecule has 15 heavy (non-hydrogen) atoms. The van der Waals surface area contributed by atoms with Crippen LogP contribution < -0.4 is 10.6 Å². The van der Waals surface area contributed by atoms with Gasteiger partial charge in [0, 0.05) is 15.8 Å². The van der Waals surface area contributed by atoms with E-state index in [0.717, 1.165) is 15.8 Å². The fourth-order valence-electron chi connectivity index (χ4n) is 1.27. The van der Waals surface area contributed by atoms with Gasteiger partial charge in [-0.3, -0.25) is 9.79 Å². The summed E-state index contributed by atoms with van der Waals surface area (Å²) in [5.41, 5.74) is 0.789. The average Bonchev–Trinajstić information content (AvgIpc) is 2.74. The minimum Gasteiger partial charge on any atom is -0.364 e. The molecule has 5 heteroatoms. The Balaban J connectivity index is 2.02. The van der Waals surface area contributed by atoms with Crippen LogP contribution in [0.15, 0.2) is 29.3 Å². The Labute approximate surface area is 101 Å². The number of benzene rings is 1. The van der Waals surface area contributed by atoms with Crippen LogP contribution in [0.5, 0.6) is 0 Å². The van der Waals surface area contributed by atoms with Gasteiger partial charge in [0.15, 0.2) is 5.84 Å². The highest BCUT2D eigenvalue weighted by Gasteiger charge is 2.14. The number of anilines is 1. The van der Waals surface area contributed by atoms with E-state index in [9.17, 15) is 4.79 Å². The first-order valence-corrected chi connectivity index (χ1v) is 5.69. The lowest BCUT2D eigenvalue weighted by Crippen LogP contribution is -2.32. The molecule has 0 aliphatic carbocycles. The van der Waals surface area contributed by atoms with Crippen molar-refractivity contribution in [3.63, 3.8) is 0 Å². The van der Waals surface area contributed by atoms with Crippen molar-refractivity contribution in [3.05, 3.63) is 27.8 Å². The van der Waals surface area contributed by atoms with E-state index in [1.807, 2.05) is 24.3 Å². The molecule has 0 bridgehead atoms. The first kappa shape index (κ1) is 10.4. The molecule has 1 amide bonds. The third-order valence-electron chi connectivity index (χ3n) is 1.99. The number of rotatable bonds is 2. The fraction of sp³-hybridized carbons (Fsp3) is 0.200. The molecular formula is C10H10IN3O. The Morgan fingerprint density at radius 3 is 2.73 bits per heavy atom. The molecule has 1 aromatic rings. The number of hydrogen-bond donors (Lipinski definition) is 2. The molecule has 0 aromatic heterocycles. The molecule has 0 unspecified atom stereocenters. The van der Waals surface area contributed by atoms with Crippen molar-refractivity contribution >= 4 is 40.0 Å². The van der Waals surface area contributed by atoms with Crippen molar-refractivity contribution in [2.45, 2.75) is 0 Å². The summed E-state index contributed by atoms with van der Waals surface area (Å²) >= 11 is 2.22. The molecule has 4 nitrogen and oxygen atoms in total. The van der Waals surface area contributed by atoms with Gasteiger partial charge in [0.25, 0.3) is 5.91 Å². The van der Waals surface area contributed by atoms with Crippen LogP contribution >= 0.6 is 22.6 Å². The van der Waals surface area contributed by atoms with Gasteiger partial charge < -0.3 is 10.6 Å². The second kappa shape index (κ2) is 4.61. The van der Waals surface area contributed by atoms with Crippen LogP contribution in [0.25, 0.3) is 0 Å². The number of aliphatic imine (C=N–C) groups is 1. The molecule has 1 aromatic carbocycles. The molecule has 1 aliphatic rings. The molecule has 0 fully saturated rings. The largest absolute Gasteiger partial charge is 0.364 e. The molecular weight excluding hydrogens is 305 g/mol. The van der Waals surface area contributed by atoms with Gasteiger partial charge in [0.2, 0.25) is 0 Å². The van der Waals surface area contributed by atoms with Gasteiger partial charge in [-0.25, -0.2) is 0 Å². The van der Waals surface area contributed by atoms with Crippen molar-refractivity contribution < 1.29 is 4.79 Å². The third-order valence-corrected chi connectivity index (χ3v) is 2.71. The molecule has 2 rings (SSSR count). The highest BCUT2D eigenvalue weighted by Crippen LogP contribution is 2.11. The maximum absolute atomic E-state index is 11.6. The van der Waals surface area contributed by atoms with Crippen molar-refractivity contribution in [1.29, 1.82) is 0 Å². The van der Waals surface area contributed by atoms with E-state index >= 15 is 0 Å². The molecule has 2 N–H and O–H groups in total. The number of amidine groups is 1. The van der Waals surface area contributed by atoms with E-state index < -0.39 is 0 Å². The zero-order valence-electron chi connectivity index (χ0n) is 7.96. The summed E-state index contributed by atoms with van der Waals surface area (Å²) in [5.74, 6) is 0.252. The zero-order chi connectivity index (χ0) is 10.7. The maximum Gasteiger partial charge on any atom is 0.290 e. The van der Waals surface area contributed by atoms with Gasteiger partial charge in [-0.05, 0) is 46.9 Å². The first-order chi connectivity index (χ1) is 7.25. The van der Waals surface area contributed by atoms with Gasteiger partial charge in [0.1, 0.15) is 0 Å². The molecule has 0 spiro atoms. The third kappa shape index (κ3) is 2.68. The van der Waals surface area contributed by atoms with Crippen LogP contribution in [0.2, 0.25) is 0 Å². The number of nitrogens with zero attached hydrogens (tertiary/aromatic N) is 1. The summed E-state index contributed by atoms with van der Waals surface area (Å²) in [5, 5.41) is 5.70. The topological polar surface area (TPSA) is 53.5 Å². The molecule has 0 saturated carbocycles. The molecule has 0 radical (unpaired) electrons. The van der Waals surface area contributed by atoms with Crippen molar-refractivity contribution in [3.8, 4) is 0 Å². The minimum absolute atomic E-state index is 0.172. The molecule has 0 atom stereocenters. The predicted octanol–water partition coefficient (Wildman–Crippen LogP) is 1.23. The number of amides is 1. The predicted molar refractivity (Wildman–Crippen MR) is 68.1 cm³/mol. The Bertz CT molecular complexity index is 400. The maximum atomic E-state index is 11.6. The number of carbonyl (C=O) groups excluding carboxylic acids is 1. The molecule has 0 saturated heterocycles. The Hall–Kier alpha value is -1.11. The number of halogens is 1. The summed E-state index contributed by atoms with van der Waals surface area (Å²) in [6.07, 6.45) is 0. The minimum atomic E-state index is -0.172. The van der Waals surface area contributed by atoms with Crippen LogP contribution in [-0.2, 0) is 4.79 Å². The van der Waals surface area contributed by atoms with Crippen LogP contribution in [-0.4, -0.2) is 24.8 Å². The Morgan fingerprint density at radius 1 is 1.40 bits per heavy atom. The standard InChI is InChI=1S/C10H10IN3O/c11-7-1-3-8(4-2-7)14-10(15)9-12-5-6-13-9/h1-4H,5-6H2,(H,12,13)(H,14,15). The van der Waals surface area contributed by atoms with Crippen LogP contribution in [0.1, 0.15) is 0 Å². The summed E-state index contributed by atoms with van der Waals surface area (Å²) in [7, 11) is 0. The molecule has 1 aliphatic heterocycles. The van der Waals surface area contributed by atoms with Crippen molar-refractivity contribution in [2.75, 3.05) is 18.4 Å². The van der Waals surface area contributed by atoms with Crippen LogP contribution in [0, 0.1) is 3.57 Å². The Morgan fingerprint density at radius 2 is 2.13 bits per heavy atom. The zero-order valence-corrected chi connectivity index (χ0v) is 10.1. The monoisotopic (exact) mass is 315 g/mol. The number of hydrogen-bond acceptors (Lipinski definition) is 3. The van der Waals surface area contributed by atoms with E-state index in [-0.39, 0.29) is 5.91 Å². The lowest BCUT2D eigenvalue weighted by atomic mass is 10.3. The lowest BCUT2D eigenvalue weighted by Gasteiger charge is -2.04. The van der Waals surface area contributed by atoms with Crippen LogP contribution in [0.4, 0.5) is 5.69 Å². The molecule has 1 heterocycles. The molecule has 78 valence electrons. The van der Waals surface area contributed by atoms with Crippen LogP contribution in [0.3, 0.4) is 0 Å². The number of carbonyl (C=O) groups is 1. The van der Waals surface area contributed by atoms with E-state index in [4.69, 9.17) is 0 Å². The lowest BCUT2D eigenvalue weighted by molar-refractivity contribution is -0.110. The summed E-state index contributed by atoms with van der Waals surface area (Å²) < 4.78 is 1.14. The fourth-order valence-corrected chi connectivity index (χ4v) is 1.63. The second-order valence-corrected chi connectivity index (χ2v) is 4.36. The highest BCUT2D eigenvalue weighted by atomic mass is 127. The average molecular weight is 315 g/mol. The van der Waals surface area contributed by atoms with Crippen molar-refractivity contribution in [1.82, 2.24) is 5.32 Å². The van der Waals surface area contributed by atoms with Gasteiger partial charge in [-0.2, -0.15) is 0 Å². The van der Waals surface area contributed by atoms with E-state index in [1.165, 1.54) is 0 Å². The van der Waals surface area contributed by atoms with Gasteiger partial charge in [-0.15, -0.1) is 0 Å². The van der Waals surface area contributed by atoms with E-state index in [0.29, 0.717) is 12.4 Å². The highest BCUT2D eigenvalue weighted by molar-refractivity contribution is 14.1. The SMILES string of the molecule is O=C(Nc1ccc(I)cc1)C1=NCCN1. The summed E-state index contributed by atoms with van der Waals surface area (Å²) in [4.78, 5) is 15.6. The van der Waals surface area contributed by atoms with E-state index in [1.54, 1.807) is 0 Å². The normalized spacial score (nSPS) is 14.3. The first-order valence-electron chi connectivity index (χ1n) is 4.61. The quantitative estimate of drug-likeness (QED) is 0.807. The van der Waals surface area contributed by atoms with Gasteiger partial charge in [-0.1, -0.05) is 0 Å². The van der Waals surface area contributed by atoms with E-state index in [2.05, 4.69) is 38.2 Å². The van der Waals surface area contributed by atoms with Crippen molar-refractivity contribution in [2.24, 2.45) is 4.99 Å². The summed E-state index contributed by atoms with van der Waals surface area (Å²) in [6, 6.07) is 7.63. The van der Waals surface area contributed by atoms with Gasteiger partial charge in [0.05, 0.1) is 6.54 Å². The Kier molecular flexibility index (Phi) is 3.20. The smallest absolute Gasteiger partial charge is 0.290 e. The van der Waals surface area contributed by atoms with Gasteiger partial charge >= 0.3 is 0 Å². The number of nitrogens with one attached hydrogen (secondary N) is 2. The second-order valence-electron chi connectivity index (χ2n) is 3.12. The summed E-state index contributed by atoms with van der Waals surface area (Å²) in [6.45, 7) is 1.42.